The molecule has 0 bridgehead atoms. The maximum Gasteiger partial charge on any atom is 0.0774 e. The fourth-order valence-electron chi connectivity index (χ4n) is 2.84. The molecule has 2 rings (SSSR count). The van der Waals surface area contributed by atoms with Gasteiger partial charge in [0.2, 0.25) is 0 Å². The number of nitrogens with zero attached hydrogens (tertiary/aromatic N) is 1. The van der Waals surface area contributed by atoms with Crippen LogP contribution in [0.3, 0.4) is 0 Å². The minimum absolute atomic E-state index is 0.492. The third kappa shape index (κ3) is 3.71. The average Bonchev–Trinajstić information content (AvgIpc) is 2.32. The first-order valence-corrected chi connectivity index (χ1v) is 7.11. The quantitative estimate of drug-likeness (QED) is 0.903. The summed E-state index contributed by atoms with van der Waals surface area (Å²) in [5.74, 6) is 0. The van der Waals surface area contributed by atoms with Gasteiger partial charge in [0.05, 0.1) is 5.60 Å². The molecule has 1 aromatic carbocycles. The van der Waals surface area contributed by atoms with Gasteiger partial charge in [-0.05, 0) is 31.5 Å². The van der Waals surface area contributed by atoms with Crippen LogP contribution in [-0.2, 0) is 6.54 Å². The van der Waals surface area contributed by atoms with Crippen molar-refractivity contribution in [2.45, 2.75) is 44.2 Å². The molecule has 0 amide bonds. The van der Waals surface area contributed by atoms with E-state index in [1.165, 1.54) is 6.42 Å². The molecule has 1 N–H and O–H groups in total. The van der Waals surface area contributed by atoms with Crippen molar-refractivity contribution in [3.05, 3.63) is 34.9 Å². The number of likely N-dealkylation sites (N-methyl/N-ethyl adjacent to an activating group) is 1. The summed E-state index contributed by atoms with van der Waals surface area (Å²) < 4.78 is 0. The minimum Gasteiger partial charge on any atom is -0.389 e. The predicted molar refractivity (Wildman–Crippen MR) is 75.8 cm³/mol. The summed E-state index contributed by atoms with van der Waals surface area (Å²) in [6.07, 6.45) is 5.42. The summed E-state index contributed by atoms with van der Waals surface area (Å²) in [5, 5.41) is 11.3. The number of halogens is 1. The third-order valence-corrected chi connectivity index (χ3v) is 4.12. The van der Waals surface area contributed by atoms with E-state index in [9.17, 15) is 5.11 Å². The molecule has 0 saturated heterocycles. The highest BCUT2D eigenvalue weighted by molar-refractivity contribution is 6.31. The van der Waals surface area contributed by atoms with Gasteiger partial charge in [-0.15, -0.1) is 0 Å². The summed E-state index contributed by atoms with van der Waals surface area (Å²) in [4.78, 5) is 2.17. The predicted octanol–water partition coefficient (Wildman–Crippen LogP) is 3.47. The summed E-state index contributed by atoms with van der Waals surface area (Å²) in [5.41, 5.74) is 0.634. The number of benzene rings is 1. The summed E-state index contributed by atoms with van der Waals surface area (Å²) in [7, 11) is 2.05. The molecule has 18 heavy (non-hydrogen) atoms. The molecule has 1 aliphatic carbocycles. The maximum absolute atomic E-state index is 10.5. The number of aliphatic hydroxyl groups is 1. The monoisotopic (exact) mass is 267 g/mol. The highest BCUT2D eigenvalue weighted by atomic mass is 35.5. The van der Waals surface area contributed by atoms with Crippen LogP contribution in [0, 0.1) is 0 Å². The van der Waals surface area contributed by atoms with E-state index in [1.807, 2.05) is 24.3 Å². The first kappa shape index (κ1) is 13.9. The van der Waals surface area contributed by atoms with Gasteiger partial charge < -0.3 is 5.11 Å². The molecule has 0 aromatic heterocycles. The van der Waals surface area contributed by atoms with E-state index >= 15 is 0 Å². The molecule has 1 aromatic rings. The third-order valence-electron chi connectivity index (χ3n) is 3.75. The second-order valence-corrected chi connectivity index (χ2v) is 5.96. The van der Waals surface area contributed by atoms with Gasteiger partial charge in [0, 0.05) is 18.1 Å². The normalized spacial score (nSPS) is 19.1. The molecule has 0 heterocycles. The van der Waals surface area contributed by atoms with Crippen molar-refractivity contribution in [3.63, 3.8) is 0 Å². The molecule has 1 fully saturated rings. The van der Waals surface area contributed by atoms with E-state index in [2.05, 4.69) is 11.9 Å². The lowest BCUT2D eigenvalue weighted by Gasteiger charge is -2.35. The zero-order valence-corrected chi connectivity index (χ0v) is 11.8. The van der Waals surface area contributed by atoms with Crippen LogP contribution in [0.4, 0.5) is 0 Å². The standard InChI is InChI=1S/C15H22ClNO/c1-17(11-13-7-3-4-8-14(13)16)12-15(18)9-5-2-6-10-15/h3-4,7-8,18H,2,5-6,9-12H2,1H3. The molecule has 0 unspecified atom stereocenters. The van der Waals surface area contributed by atoms with Crippen molar-refractivity contribution in [3.8, 4) is 0 Å². The second-order valence-electron chi connectivity index (χ2n) is 5.55. The Morgan fingerprint density at radius 2 is 1.89 bits per heavy atom. The van der Waals surface area contributed by atoms with E-state index in [0.29, 0.717) is 0 Å². The zero-order valence-electron chi connectivity index (χ0n) is 11.0. The molecule has 2 nitrogen and oxygen atoms in total. The SMILES string of the molecule is CN(Cc1ccccc1Cl)CC1(O)CCCCC1. The van der Waals surface area contributed by atoms with Gasteiger partial charge in [-0.2, -0.15) is 0 Å². The molecule has 0 atom stereocenters. The van der Waals surface area contributed by atoms with E-state index in [0.717, 1.165) is 49.4 Å². The first-order chi connectivity index (χ1) is 8.59. The molecule has 3 heteroatoms. The molecule has 0 spiro atoms. The fourth-order valence-corrected chi connectivity index (χ4v) is 3.04. The Bertz CT molecular complexity index is 388. The van der Waals surface area contributed by atoms with Crippen LogP contribution in [0.2, 0.25) is 5.02 Å². The van der Waals surface area contributed by atoms with Gasteiger partial charge in [-0.25, -0.2) is 0 Å². The minimum atomic E-state index is -0.492. The van der Waals surface area contributed by atoms with E-state index in [4.69, 9.17) is 11.6 Å². The van der Waals surface area contributed by atoms with Crippen LogP contribution < -0.4 is 0 Å². The van der Waals surface area contributed by atoms with Crippen LogP contribution in [0.5, 0.6) is 0 Å². The Hall–Kier alpha value is -0.570. The average molecular weight is 268 g/mol. The van der Waals surface area contributed by atoms with Crippen LogP contribution in [0.25, 0.3) is 0 Å². The highest BCUT2D eigenvalue weighted by Gasteiger charge is 2.30. The Balaban J connectivity index is 1.92. The highest BCUT2D eigenvalue weighted by Crippen LogP contribution is 2.29. The molecular weight excluding hydrogens is 246 g/mol. The van der Waals surface area contributed by atoms with Crippen molar-refractivity contribution in [2.24, 2.45) is 0 Å². The Morgan fingerprint density at radius 1 is 1.22 bits per heavy atom. The van der Waals surface area contributed by atoms with Crippen LogP contribution in [0.1, 0.15) is 37.7 Å². The Labute approximate surface area is 115 Å². The van der Waals surface area contributed by atoms with Crippen molar-refractivity contribution >= 4 is 11.6 Å². The summed E-state index contributed by atoms with van der Waals surface area (Å²) in [6, 6.07) is 7.91. The van der Waals surface area contributed by atoms with Crippen molar-refractivity contribution in [1.29, 1.82) is 0 Å². The van der Waals surface area contributed by atoms with Crippen molar-refractivity contribution in [2.75, 3.05) is 13.6 Å². The molecule has 1 aliphatic rings. The van der Waals surface area contributed by atoms with Gasteiger partial charge in [-0.1, -0.05) is 49.1 Å². The van der Waals surface area contributed by atoms with Crippen LogP contribution in [0.15, 0.2) is 24.3 Å². The largest absolute Gasteiger partial charge is 0.389 e. The van der Waals surface area contributed by atoms with E-state index in [-0.39, 0.29) is 0 Å². The van der Waals surface area contributed by atoms with E-state index in [1.54, 1.807) is 0 Å². The maximum atomic E-state index is 10.5. The van der Waals surface area contributed by atoms with Crippen LogP contribution in [-0.4, -0.2) is 29.2 Å². The molecular formula is C15H22ClNO. The number of hydrogen-bond donors (Lipinski definition) is 1. The van der Waals surface area contributed by atoms with Crippen molar-refractivity contribution in [1.82, 2.24) is 4.90 Å². The van der Waals surface area contributed by atoms with Gasteiger partial charge in [0.15, 0.2) is 0 Å². The zero-order chi connectivity index (χ0) is 13.0. The van der Waals surface area contributed by atoms with Gasteiger partial charge in [0.25, 0.3) is 0 Å². The fraction of sp³-hybridized carbons (Fsp3) is 0.600. The first-order valence-electron chi connectivity index (χ1n) is 6.73. The summed E-state index contributed by atoms with van der Waals surface area (Å²) in [6.45, 7) is 1.53. The van der Waals surface area contributed by atoms with Gasteiger partial charge in [0.1, 0.15) is 0 Å². The second kappa shape index (κ2) is 6.05. The smallest absolute Gasteiger partial charge is 0.0774 e. The number of rotatable bonds is 4. The van der Waals surface area contributed by atoms with Gasteiger partial charge >= 0.3 is 0 Å². The molecule has 0 aliphatic heterocycles. The molecule has 100 valence electrons. The van der Waals surface area contributed by atoms with Crippen molar-refractivity contribution < 1.29 is 5.11 Å². The van der Waals surface area contributed by atoms with Gasteiger partial charge in [-0.3, -0.25) is 4.90 Å². The lowest BCUT2D eigenvalue weighted by molar-refractivity contribution is -0.0223. The number of hydrogen-bond acceptors (Lipinski definition) is 2. The Morgan fingerprint density at radius 3 is 2.56 bits per heavy atom. The molecule has 1 saturated carbocycles. The lowest BCUT2D eigenvalue weighted by Crippen LogP contribution is -2.42. The Kier molecular flexibility index (Phi) is 4.66. The van der Waals surface area contributed by atoms with E-state index < -0.39 is 5.60 Å². The topological polar surface area (TPSA) is 23.5 Å². The van der Waals surface area contributed by atoms with Crippen LogP contribution >= 0.6 is 11.6 Å². The summed E-state index contributed by atoms with van der Waals surface area (Å²) >= 11 is 6.16. The molecule has 0 radical (unpaired) electrons. The lowest BCUT2D eigenvalue weighted by atomic mass is 9.84.